The number of aliphatic hydroxyl groups is 32. The van der Waals surface area contributed by atoms with Gasteiger partial charge in [0.15, 0.2) is 69.2 Å². The first kappa shape index (κ1) is 108. The Hall–Kier alpha value is -3.71. The van der Waals surface area contributed by atoms with Crippen molar-refractivity contribution in [2.45, 2.75) is 358 Å². The van der Waals surface area contributed by atoms with Crippen LogP contribution in [0.25, 0.3) is 0 Å². The van der Waals surface area contributed by atoms with Gasteiger partial charge in [0.25, 0.3) is 0 Å². The summed E-state index contributed by atoms with van der Waals surface area (Å²) >= 11 is 0. The van der Waals surface area contributed by atoms with Crippen molar-refractivity contribution in [1.82, 2.24) is 16.0 Å². The molecule has 0 saturated carbocycles. The van der Waals surface area contributed by atoms with Crippen LogP contribution in [0.1, 0.15) is 20.8 Å². The van der Waals surface area contributed by atoms with Gasteiger partial charge in [0.1, 0.15) is 268 Å². The second-order valence-corrected chi connectivity index (χ2v) is 33.0. The predicted molar refractivity (Wildman–Crippen MR) is 397 cm³/mol. The number of ether oxygens (including phenoxy) is 21. The van der Waals surface area contributed by atoms with Crippen LogP contribution in [0.3, 0.4) is 0 Å². The third-order valence-corrected chi connectivity index (χ3v) is 24.2. The zero-order valence-electron chi connectivity index (χ0n) is 69.6. The molecule has 0 aromatic heterocycles. The molecule has 11 rings (SSSR count). The minimum atomic E-state index is -2.73. The molecule has 59 nitrogen and oxygen atoms in total. The molecule has 11 heterocycles. The topological polar surface area (TPSA) is 928 Å². The summed E-state index contributed by atoms with van der Waals surface area (Å²) in [4.78, 5) is 38.4. The molecule has 1 unspecified atom stereocenters. The van der Waals surface area contributed by atoms with E-state index >= 15 is 0 Å². The molecule has 35 N–H and O–H groups in total. The lowest BCUT2D eigenvalue weighted by molar-refractivity contribution is -0.413. The average molecular weight is 1920 g/mol. The van der Waals surface area contributed by atoms with Crippen molar-refractivity contribution in [3.8, 4) is 0 Å². The average Bonchev–Trinajstić information content (AvgIpc) is 0.759. The van der Waals surface area contributed by atoms with Crippen molar-refractivity contribution >= 4 is 17.7 Å². The molecule has 11 aliphatic rings. The summed E-state index contributed by atoms with van der Waals surface area (Å²) < 4.78 is 124. The van der Waals surface area contributed by atoms with Gasteiger partial charge in [-0.1, -0.05) is 0 Å². The summed E-state index contributed by atoms with van der Waals surface area (Å²) in [7, 11) is 0. The molecule has 55 atom stereocenters. The van der Waals surface area contributed by atoms with Crippen LogP contribution in [-0.4, -0.2) is 591 Å². The molecular formula is C72H121N3O56. The molecule has 0 spiro atoms. The summed E-state index contributed by atoms with van der Waals surface area (Å²) in [6.07, 6.45) is -114. The first-order valence-corrected chi connectivity index (χ1v) is 41.7. The van der Waals surface area contributed by atoms with Crippen LogP contribution in [-0.2, 0) is 114 Å². The SMILES string of the molecule is CC(=O)N[C@H]1[C@H](O[C@H]2[C@H](O)[C@@H](NC(C)=O)C(O)O[C@@H]2CO)O[C@H](CO)[C@@H](O[C@@H]2O[C@H](CO[C@H]3O[C@H](CO)[C@@H](O)[C@H](O)[C@@H]3O[C@@H]3O[C@H](CO)[C@@H](O[C@@H]4O[C@H](CO)[C@H](O)[C@H](O)[C@H]4O)[C@H](O)[C@H]3NC(C)=O)[C@@H](O)[C@H](O[C@H]3O[C@H](CO)[C@@H](O[C@@H]4O[C@H](CO)[C@@H](O[C@@H]5O[C@H](CO)[C@H](O)[C@H](O)[C@H]5O)[C@H](O)[C@H]4O)[C@H](O)[C@@H]3O[C@@H]3O[C@H](CO)[C@@H](O[C@@H]4O[C@H](CO)[C@H](O)[C@H](O)[C@H]4O)[C@H](O)[C@H]3O)[C@@H]2O)[C@@H]1O. The summed E-state index contributed by atoms with van der Waals surface area (Å²) in [6, 6.07) is -5.68. The minimum absolute atomic E-state index is 0.825. The number of carbonyl (C=O) groups is 3. The largest absolute Gasteiger partial charge is 0.394 e. The van der Waals surface area contributed by atoms with E-state index < -0.39 is 428 Å². The van der Waals surface area contributed by atoms with Crippen molar-refractivity contribution in [1.29, 1.82) is 0 Å². The van der Waals surface area contributed by atoms with Gasteiger partial charge in [-0.25, -0.2) is 0 Å². The lowest BCUT2D eigenvalue weighted by Crippen LogP contribution is -2.71. The smallest absolute Gasteiger partial charge is 0.217 e. The van der Waals surface area contributed by atoms with Crippen LogP contribution in [0.15, 0.2) is 0 Å². The monoisotopic (exact) mass is 1920 g/mol. The molecule has 0 aromatic rings. The second kappa shape index (κ2) is 47.0. The number of rotatable bonds is 34. The highest BCUT2D eigenvalue weighted by Gasteiger charge is 2.63. The van der Waals surface area contributed by atoms with E-state index in [1.807, 2.05) is 0 Å². The summed E-state index contributed by atoms with van der Waals surface area (Å²) in [5.74, 6) is -2.80. The maximum atomic E-state index is 13.2. The van der Waals surface area contributed by atoms with Gasteiger partial charge in [0.2, 0.25) is 17.7 Å². The van der Waals surface area contributed by atoms with E-state index in [9.17, 15) is 178 Å². The Morgan fingerprint density at radius 3 is 0.771 bits per heavy atom. The first-order valence-electron chi connectivity index (χ1n) is 41.7. The van der Waals surface area contributed by atoms with E-state index in [1.54, 1.807) is 0 Å². The lowest BCUT2D eigenvalue weighted by Gasteiger charge is -2.52. The number of nitrogens with one attached hydrogen (secondary N) is 3. The van der Waals surface area contributed by atoms with Crippen LogP contribution >= 0.6 is 0 Å². The standard InChI is InChI=1S/C72H121N3O56/c1-15(86)73-29-37(94)53(22(8-80)112-62(29)110)123-63-30(74-16(2)87)38(95)55(24(10-82)117-63)125-70-52(109)59(36(93)28(122-70)14-111-71-60(43(100)35(92)21(7-79)116-71)130-64-31(75-17(3)88)39(96)54(23(9-81)118-64)124-65-46(103)40(97)32(89)18(4-76)113-65)129-72-61(131-69-50(107)45(102)57(26(12-84)120-69)127-67-48(105)42(99)34(91)20(6-78)115-67)51(108)58(27(13-85)121-72)128-68-49(106)44(101)56(25(11-83)119-68)126-66-47(104)41(98)33(90)19(5-77)114-66/h18-72,76-85,89-110H,4-14H2,1-3H3,(H,73,86)(H,74,87)(H,75,88)/t18-,19-,20-,21-,22-,23-,24-,25-,26-,27-,28-,29-,30-,31-,32+,33+,34+,35-,36-,37-,38-,39-,40+,41+,42+,43+,44-,45-,46-,47-,48-,49-,50-,51+,52+,53-,54-,55-,56-,57-,58-,59+,60+,61+,62?,63+,64+,65+,66+,67+,68+,69+,70+,71+,72-/m1/s1. The van der Waals surface area contributed by atoms with Crippen LogP contribution in [0.4, 0.5) is 0 Å². The van der Waals surface area contributed by atoms with Crippen molar-refractivity contribution in [2.75, 3.05) is 72.7 Å². The molecule has 0 aromatic carbocycles. The molecular weight excluding hydrogens is 1800 g/mol. The third kappa shape index (κ3) is 23.3. The fraction of sp³-hybridized carbons (Fsp3) is 0.958. The molecule has 59 heteroatoms. The normalized spacial score (nSPS) is 50.7. The molecule has 131 heavy (non-hydrogen) atoms. The van der Waals surface area contributed by atoms with Crippen molar-refractivity contribution in [3.05, 3.63) is 0 Å². The maximum Gasteiger partial charge on any atom is 0.217 e. The van der Waals surface area contributed by atoms with Crippen molar-refractivity contribution in [2.24, 2.45) is 0 Å². The maximum absolute atomic E-state index is 13.2. The molecule has 3 amide bonds. The number of hydrogen-bond acceptors (Lipinski definition) is 56. The summed E-state index contributed by atoms with van der Waals surface area (Å²) in [6.45, 7) is -10.0. The second-order valence-electron chi connectivity index (χ2n) is 33.0. The number of aliphatic hydroxyl groups excluding tert-OH is 32. The Balaban J connectivity index is 0.948. The quantitative estimate of drug-likeness (QED) is 0.0284. The van der Waals surface area contributed by atoms with Crippen LogP contribution < -0.4 is 16.0 Å². The van der Waals surface area contributed by atoms with E-state index in [0.29, 0.717) is 0 Å². The van der Waals surface area contributed by atoms with Crippen LogP contribution in [0.5, 0.6) is 0 Å². The van der Waals surface area contributed by atoms with Gasteiger partial charge in [0.05, 0.1) is 72.7 Å². The fourth-order valence-electron chi connectivity index (χ4n) is 17.0. The zero-order chi connectivity index (χ0) is 96.2. The Morgan fingerprint density at radius 1 is 0.198 bits per heavy atom. The molecule has 11 saturated heterocycles. The van der Waals surface area contributed by atoms with Crippen molar-refractivity contribution in [3.63, 3.8) is 0 Å². The Bertz CT molecular complexity index is 3510. The predicted octanol–water partition coefficient (Wildman–Crippen LogP) is -24.5. The lowest BCUT2D eigenvalue weighted by atomic mass is 9.93. The van der Waals surface area contributed by atoms with E-state index in [4.69, 9.17) is 99.5 Å². The molecule has 760 valence electrons. The minimum Gasteiger partial charge on any atom is -0.394 e. The molecule has 0 bridgehead atoms. The number of hydrogen-bond donors (Lipinski definition) is 35. The Labute approximate surface area is 740 Å². The van der Waals surface area contributed by atoms with Gasteiger partial charge in [-0.15, -0.1) is 0 Å². The van der Waals surface area contributed by atoms with Gasteiger partial charge in [-0.2, -0.15) is 0 Å². The number of carbonyl (C=O) groups excluding carboxylic acids is 3. The molecule has 11 aliphatic heterocycles. The first-order chi connectivity index (χ1) is 62.1. The van der Waals surface area contributed by atoms with Crippen LogP contribution in [0.2, 0.25) is 0 Å². The highest BCUT2D eigenvalue weighted by Crippen LogP contribution is 2.42. The van der Waals surface area contributed by atoms with E-state index in [0.717, 1.165) is 20.8 Å². The van der Waals surface area contributed by atoms with E-state index in [-0.39, 0.29) is 0 Å². The molecule has 11 fully saturated rings. The van der Waals surface area contributed by atoms with Gasteiger partial charge >= 0.3 is 0 Å². The van der Waals surface area contributed by atoms with Crippen LogP contribution in [0, 0.1) is 0 Å². The Kier molecular flexibility index (Phi) is 38.7. The summed E-state index contributed by atoms with van der Waals surface area (Å²) in [5, 5.41) is 364. The van der Waals surface area contributed by atoms with E-state index in [2.05, 4.69) is 16.0 Å². The Morgan fingerprint density at radius 2 is 0.420 bits per heavy atom. The van der Waals surface area contributed by atoms with Crippen molar-refractivity contribution < 1.29 is 277 Å². The zero-order valence-corrected chi connectivity index (χ0v) is 69.6. The van der Waals surface area contributed by atoms with Gasteiger partial charge in [-0.05, 0) is 0 Å². The van der Waals surface area contributed by atoms with Gasteiger partial charge in [0, 0.05) is 20.8 Å². The third-order valence-electron chi connectivity index (χ3n) is 24.2. The number of amides is 3. The van der Waals surface area contributed by atoms with Gasteiger partial charge in [-0.3, -0.25) is 14.4 Å². The van der Waals surface area contributed by atoms with Gasteiger partial charge < -0.3 is 279 Å². The molecule has 0 aliphatic carbocycles. The molecule has 0 radical (unpaired) electrons. The summed E-state index contributed by atoms with van der Waals surface area (Å²) in [5.41, 5.74) is 0. The van der Waals surface area contributed by atoms with E-state index in [1.165, 1.54) is 0 Å². The highest BCUT2D eigenvalue weighted by molar-refractivity contribution is 5.74. The fourth-order valence-corrected chi connectivity index (χ4v) is 17.0. The highest BCUT2D eigenvalue weighted by atomic mass is 16.8.